The van der Waals surface area contributed by atoms with E-state index in [0.29, 0.717) is 4.88 Å². The summed E-state index contributed by atoms with van der Waals surface area (Å²) in [7, 11) is -4.32. The molecule has 5 atom stereocenters. The van der Waals surface area contributed by atoms with Gasteiger partial charge in [-0.15, -0.1) is 11.3 Å². The Hall–Kier alpha value is -3.05. The molecule has 1 aliphatic carbocycles. The molecule has 212 valence electrons. The predicted molar refractivity (Wildman–Crippen MR) is 151 cm³/mol. The number of piperidine rings is 1. The average molecular weight is 586 g/mol. The van der Waals surface area contributed by atoms with E-state index in [4.69, 9.17) is 4.74 Å². The first-order chi connectivity index (χ1) is 19.2. The lowest BCUT2D eigenvalue weighted by Gasteiger charge is -2.34. The molecule has 40 heavy (non-hydrogen) atoms. The van der Waals surface area contributed by atoms with Crippen LogP contribution >= 0.6 is 11.3 Å². The number of hydrogen-bond donors (Lipinski definition) is 4. The number of rotatable bonds is 7. The van der Waals surface area contributed by atoms with E-state index >= 15 is 0 Å². The Morgan fingerprint density at radius 2 is 1.93 bits per heavy atom. The number of carbonyl (C=O) groups excluding carboxylic acids is 1. The summed E-state index contributed by atoms with van der Waals surface area (Å²) in [4.78, 5) is 15.1. The van der Waals surface area contributed by atoms with E-state index in [0.717, 1.165) is 24.4 Å². The van der Waals surface area contributed by atoms with Gasteiger partial charge in [-0.05, 0) is 67.2 Å². The van der Waals surface area contributed by atoms with Crippen molar-refractivity contribution in [1.29, 1.82) is 5.26 Å². The van der Waals surface area contributed by atoms with Gasteiger partial charge in [-0.25, -0.2) is 17.9 Å². The first kappa shape index (κ1) is 28.5. The largest absolute Gasteiger partial charge is 0.456 e. The van der Waals surface area contributed by atoms with Crippen LogP contribution < -0.4 is 9.62 Å². The minimum Gasteiger partial charge on any atom is -0.456 e. The Morgan fingerprint density at radius 1 is 1.15 bits per heavy atom. The van der Waals surface area contributed by atoms with Crippen LogP contribution in [0.1, 0.15) is 46.1 Å². The average Bonchev–Trinajstić information content (AvgIpc) is 3.44. The van der Waals surface area contributed by atoms with E-state index in [2.05, 4.69) is 40.0 Å². The molecule has 5 rings (SSSR count). The van der Waals surface area contributed by atoms with Gasteiger partial charge in [0.25, 0.3) is 10.0 Å². The smallest absolute Gasteiger partial charge is 0.338 e. The van der Waals surface area contributed by atoms with Crippen molar-refractivity contribution in [3.8, 4) is 6.07 Å². The number of nitrogens with zero attached hydrogens (tertiary/aromatic N) is 2. The van der Waals surface area contributed by atoms with Crippen molar-refractivity contribution in [2.24, 2.45) is 0 Å². The predicted octanol–water partition coefficient (Wildman–Crippen LogP) is 1.88. The van der Waals surface area contributed by atoms with Crippen molar-refractivity contribution in [3.63, 3.8) is 0 Å². The number of allylic oxidation sites excluding steroid dienone is 2. The molecular formula is C28H31N3O7S2. The Kier molecular flexibility index (Phi) is 8.42. The SMILES string of the molecule is N#C/C(=C\c1ccc(C2C=Cc3cc(N4CCCCC4)ccc3C2)s1)S(=O)(=O)NC[C@H]1OC(=O)[C@H](O)[C@@H](O)[C@@H]1O. The number of cyclic esters (lactones) is 1. The lowest BCUT2D eigenvalue weighted by molar-refractivity contribution is -0.201. The van der Waals surface area contributed by atoms with Crippen LogP contribution in [-0.4, -0.2) is 73.8 Å². The Labute approximate surface area is 236 Å². The van der Waals surface area contributed by atoms with Gasteiger partial charge in [0.1, 0.15) is 24.4 Å². The van der Waals surface area contributed by atoms with E-state index in [1.165, 1.54) is 53.5 Å². The number of aliphatic hydroxyl groups excluding tert-OH is 3. The number of nitriles is 1. The first-order valence-corrected chi connectivity index (χ1v) is 15.5. The number of sulfonamides is 1. The molecule has 2 fully saturated rings. The van der Waals surface area contributed by atoms with E-state index in [1.54, 1.807) is 12.1 Å². The first-order valence-electron chi connectivity index (χ1n) is 13.2. The number of thiophene rings is 1. The lowest BCUT2D eigenvalue weighted by atomic mass is 9.88. The number of carbonyl (C=O) groups is 1. The molecule has 0 radical (unpaired) electrons. The van der Waals surface area contributed by atoms with Gasteiger partial charge in [0.2, 0.25) is 0 Å². The van der Waals surface area contributed by atoms with Crippen LogP contribution in [0.2, 0.25) is 0 Å². The molecule has 2 saturated heterocycles. The summed E-state index contributed by atoms with van der Waals surface area (Å²) in [5.41, 5.74) is 3.73. The van der Waals surface area contributed by atoms with Crippen LogP contribution in [0.25, 0.3) is 12.2 Å². The van der Waals surface area contributed by atoms with Crippen molar-refractivity contribution in [3.05, 3.63) is 62.2 Å². The number of fused-ring (bicyclic) bond motifs is 1. The van der Waals surface area contributed by atoms with Crippen LogP contribution in [0.15, 0.2) is 41.3 Å². The monoisotopic (exact) mass is 585 g/mol. The number of ether oxygens (including phenoxy) is 1. The normalized spacial score (nSPS) is 27.1. The fourth-order valence-electron chi connectivity index (χ4n) is 5.20. The standard InChI is InChI=1S/C28H31N3O7S2/c29-15-22(40(36,37)30-16-23-25(32)26(33)27(34)28(35)38-23)14-21-8-9-24(39-21)19-5-4-18-13-20(7-6-17(18)12-19)31-10-2-1-3-11-31/h4-9,13-14,19,23,25-27,30,32-34H,1-3,10-12,16H2/b22-14+/t19?,23-,25-,26+,27-/m1/s1. The fraction of sp³-hybridized carbons (Fsp3) is 0.429. The molecule has 1 unspecified atom stereocenters. The molecule has 2 aromatic rings. The number of hydrogen-bond acceptors (Lipinski definition) is 10. The Morgan fingerprint density at radius 3 is 2.67 bits per heavy atom. The Balaban J connectivity index is 1.25. The number of esters is 1. The highest BCUT2D eigenvalue weighted by atomic mass is 32.2. The van der Waals surface area contributed by atoms with E-state index in [-0.39, 0.29) is 5.92 Å². The van der Waals surface area contributed by atoms with Gasteiger partial charge in [-0.2, -0.15) is 5.26 Å². The highest BCUT2D eigenvalue weighted by molar-refractivity contribution is 7.93. The van der Waals surface area contributed by atoms with Crippen molar-refractivity contribution >= 4 is 45.2 Å². The number of aliphatic hydroxyl groups is 3. The van der Waals surface area contributed by atoms with Crippen LogP contribution in [0.4, 0.5) is 5.69 Å². The maximum Gasteiger partial charge on any atom is 0.338 e. The van der Waals surface area contributed by atoms with Crippen LogP contribution in [0, 0.1) is 11.3 Å². The van der Waals surface area contributed by atoms with Gasteiger partial charge in [0.15, 0.2) is 11.0 Å². The summed E-state index contributed by atoms with van der Waals surface area (Å²) in [5, 5.41) is 38.8. The third-order valence-electron chi connectivity index (χ3n) is 7.52. The zero-order valence-electron chi connectivity index (χ0n) is 21.6. The van der Waals surface area contributed by atoms with Crippen LogP contribution in [0.3, 0.4) is 0 Å². The van der Waals surface area contributed by atoms with Gasteiger partial charge in [0.05, 0.1) is 6.54 Å². The summed E-state index contributed by atoms with van der Waals surface area (Å²) in [6, 6.07) is 12.0. The fourth-order valence-corrected chi connectivity index (χ4v) is 7.25. The van der Waals surface area contributed by atoms with Crippen molar-refractivity contribution in [2.75, 3.05) is 24.5 Å². The van der Waals surface area contributed by atoms with Crippen molar-refractivity contribution in [2.45, 2.75) is 56.0 Å². The maximum absolute atomic E-state index is 12.8. The van der Waals surface area contributed by atoms with Crippen molar-refractivity contribution in [1.82, 2.24) is 4.72 Å². The molecule has 3 heterocycles. The quantitative estimate of drug-likeness (QED) is 0.281. The minimum atomic E-state index is -4.32. The molecular weight excluding hydrogens is 554 g/mol. The molecule has 2 aliphatic heterocycles. The molecule has 0 amide bonds. The summed E-state index contributed by atoms with van der Waals surface area (Å²) in [5.74, 6) is -1.05. The van der Waals surface area contributed by atoms with Gasteiger partial charge >= 0.3 is 5.97 Å². The summed E-state index contributed by atoms with van der Waals surface area (Å²) >= 11 is 1.40. The molecule has 0 bridgehead atoms. The summed E-state index contributed by atoms with van der Waals surface area (Å²) in [6.45, 7) is 1.60. The highest BCUT2D eigenvalue weighted by Crippen LogP contribution is 2.36. The molecule has 3 aliphatic rings. The number of nitrogens with one attached hydrogen (secondary N) is 1. The van der Waals surface area contributed by atoms with Crippen molar-refractivity contribution < 1.29 is 33.3 Å². The zero-order chi connectivity index (χ0) is 28.4. The molecule has 1 aromatic carbocycles. The summed E-state index contributed by atoms with van der Waals surface area (Å²) in [6.07, 6.45) is 3.27. The van der Waals surface area contributed by atoms with E-state index in [9.17, 15) is 33.8 Å². The second-order valence-corrected chi connectivity index (χ2v) is 13.1. The minimum absolute atomic E-state index is 0.130. The lowest BCUT2D eigenvalue weighted by Crippen LogP contribution is -2.58. The third kappa shape index (κ3) is 6.00. The second kappa shape index (κ2) is 11.8. The third-order valence-corrected chi connectivity index (χ3v) is 10.0. The molecule has 0 saturated carbocycles. The topological polar surface area (TPSA) is 160 Å². The van der Waals surface area contributed by atoms with E-state index < -0.39 is 51.9 Å². The maximum atomic E-state index is 12.8. The Bertz CT molecular complexity index is 1470. The highest BCUT2D eigenvalue weighted by Gasteiger charge is 2.44. The van der Waals surface area contributed by atoms with Gasteiger partial charge in [-0.3, -0.25) is 0 Å². The van der Waals surface area contributed by atoms with Gasteiger partial charge in [0, 0.05) is 34.4 Å². The van der Waals surface area contributed by atoms with Crippen LogP contribution in [-0.2, 0) is 26.0 Å². The molecule has 4 N–H and O–H groups in total. The van der Waals surface area contributed by atoms with E-state index in [1.807, 2.05) is 6.07 Å². The van der Waals surface area contributed by atoms with Gasteiger partial charge in [-0.1, -0.05) is 18.2 Å². The number of benzene rings is 1. The molecule has 0 spiro atoms. The van der Waals surface area contributed by atoms with Crippen LogP contribution in [0.5, 0.6) is 0 Å². The molecule has 12 heteroatoms. The molecule has 10 nitrogen and oxygen atoms in total. The number of anilines is 1. The zero-order valence-corrected chi connectivity index (χ0v) is 23.3. The second-order valence-electron chi connectivity index (χ2n) is 10.2. The van der Waals surface area contributed by atoms with Gasteiger partial charge < -0.3 is 25.0 Å². The molecule has 1 aromatic heterocycles. The summed E-state index contributed by atoms with van der Waals surface area (Å²) < 4.78 is 32.5.